The van der Waals surface area contributed by atoms with E-state index in [9.17, 15) is 4.21 Å². The third-order valence-corrected chi connectivity index (χ3v) is 5.67. The molecule has 1 fully saturated rings. The van der Waals surface area contributed by atoms with E-state index in [2.05, 4.69) is 35.2 Å². The van der Waals surface area contributed by atoms with Gasteiger partial charge in [0.25, 0.3) is 0 Å². The van der Waals surface area contributed by atoms with Crippen LogP contribution in [0.4, 0.5) is 5.69 Å². The quantitative estimate of drug-likeness (QED) is 0.822. The minimum Gasteiger partial charge on any atom is -0.378 e. The standard InChI is InChI=1S/C13H17NOS2/c1-14(2)12-6-4-11(5-7-12)10-13-16-8-3-9-17(13)15/h4-7,10H,3,8-9H2,1-2H3/b13-10+. The average molecular weight is 267 g/mol. The van der Waals surface area contributed by atoms with Crippen LogP contribution in [0.2, 0.25) is 0 Å². The third kappa shape index (κ3) is 3.36. The lowest BCUT2D eigenvalue weighted by Gasteiger charge is -2.14. The molecule has 0 N–H and O–H groups in total. The molecule has 0 aliphatic carbocycles. The summed E-state index contributed by atoms with van der Waals surface area (Å²) in [6.45, 7) is 0. The van der Waals surface area contributed by atoms with E-state index in [0.717, 1.165) is 27.7 Å². The first-order chi connectivity index (χ1) is 8.16. The Hall–Kier alpha value is -0.740. The molecule has 0 spiro atoms. The normalized spacial score (nSPS) is 22.7. The minimum absolute atomic E-state index is 0.779. The van der Waals surface area contributed by atoms with Crippen LogP contribution in [0, 0.1) is 0 Å². The first kappa shape index (κ1) is 12.7. The van der Waals surface area contributed by atoms with Crippen LogP contribution < -0.4 is 4.90 Å². The SMILES string of the molecule is CN(C)c1ccc(/C=C2\SCCCS2=O)cc1. The molecule has 17 heavy (non-hydrogen) atoms. The smallest absolute Gasteiger partial charge is 0.0722 e. The molecule has 1 atom stereocenters. The lowest BCUT2D eigenvalue weighted by molar-refractivity contribution is 0.686. The van der Waals surface area contributed by atoms with Gasteiger partial charge in [-0.2, -0.15) is 0 Å². The second kappa shape index (κ2) is 5.74. The molecular formula is C13H17NOS2. The van der Waals surface area contributed by atoms with Crippen LogP contribution >= 0.6 is 11.8 Å². The van der Waals surface area contributed by atoms with Gasteiger partial charge in [-0.05, 0) is 35.9 Å². The van der Waals surface area contributed by atoms with Gasteiger partial charge in [0, 0.05) is 25.5 Å². The van der Waals surface area contributed by atoms with E-state index in [0.29, 0.717) is 0 Å². The van der Waals surface area contributed by atoms with E-state index in [1.165, 1.54) is 5.69 Å². The van der Waals surface area contributed by atoms with Crippen molar-refractivity contribution in [1.82, 2.24) is 0 Å². The summed E-state index contributed by atoms with van der Waals surface area (Å²) in [6, 6.07) is 8.33. The van der Waals surface area contributed by atoms with E-state index in [1.807, 2.05) is 14.1 Å². The molecule has 1 unspecified atom stereocenters. The van der Waals surface area contributed by atoms with E-state index in [-0.39, 0.29) is 0 Å². The van der Waals surface area contributed by atoms with Crippen molar-refractivity contribution in [2.75, 3.05) is 30.5 Å². The zero-order valence-corrected chi connectivity index (χ0v) is 11.8. The minimum atomic E-state index is -0.779. The van der Waals surface area contributed by atoms with Gasteiger partial charge < -0.3 is 4.90 Å². The zero-order valence-electron chi connectivity index (χ0n) is 10.2. The molecule has 1 heterocycles. The Balaban J connectivity index is 2.17. The number of anilines is 1. The number of hydrogen-bond acceptors (Lipinski definition) is 3. The van der Waals surface area contributed by atoms with E-state index in [1.54, 1.807) is 11.8 Å². The van der Waals surface area contributed by atoms with Gasteiger partial charge in [-0.15, -0.1) is 11.8 Å². The molecule has 1 aliphatic rings. The van der Waals surface area contributed by atoms with Gasteiger partial charge >= 0.3 is 0 Å². The molecule has 0 saturated carbocycles. The number of hydrogen-bond donors (Lipinski definition) is 0. The maximum Gasteiger partial charge on any atom is 0.0722 e. The second-order valence-corrected chi connectivity index (χ2v) is 7.14. The van der Waals surface area contributed by atoms with Crippen LogP contribution in [-0.2, 0) is 10.8 Å². The summed E-state index contributed by atoms with van der Waals surface area (Å²) in [5.74, 6) is 1.90. The molecule has 0 aromatic heterocycles. The lowest BCUT2D eigenvalue weighted by Crippen LogP contribution is -2.08. The maximum atomic E-state index is 11.8. The van der Waals surface area contributed by atoms with Gasteiger partial charge in [0.05, 0.1) is 15.0 Å². The first-order valence-corrected chi connectivity index (χ1v) is 7.97. The largest absolute Gasteiger partial charge is 0.378 e. The summed E-state index contributed by atoms with van der Waals surface area (Å²) >= 11 is 1.73. The molecule has 0 bridgehead atoms. The molecule has 2 rings (SSSR count). The van der Waals surface area contributed by atoms with Crippen LogP contribution in [0.15, 0.2) is 28.5 Å². The molecule has 4 heteroatoms. The second-order valence-electron chi connectivity index (χ2n) is 4.20. The molecule has 1 aromatic rings. The fourth-order valence-corrected chi connectivity index (χ4v) is 4.43. The highest BCUT2D eigenvalue weighted by Crippen LogP contribution is 2.28. The van der Waals surface area contributed by atoms with Gasteiger partial charge in [-0.25, -0.2) is 0 Å². The van der Waals surface area contributed by atoms with Crippen molar-refractivity contribution >= 4 is 34.3 Å². The average Bonchev–Trinajstić information content (AvgIpc) is 2.33. The highest BCUT2D eigenvalue weighted by atomic mass is 32.2. The molecule has 1 saturated heterocycles. The summed E-state index contributed by atoms with van der Waals surface area (Å²) in [5, 5.41) is 0. The summed E-state index contributed by atoms with van der Waals surface area (Å²) in [4.78, 5) is 2.07. The van der Waals surface area contributed by atoms with Crippen LogP contribution in [-0.4, -0.2) is 29.8 Å². The van der Waals surface area contributed by atoms with Crippen molar-refractivity contribution in [2.24, 2.45) is 0 Å². The van der Waals surface area contributed by atoms with Crippen LogP contribution in [0.1, 0.15) is 12.0 Å². The van der Waals surface area contributed by atoms with Crippen molar-refractivity contribution in [3.63, 3.8) is 0 Å². The number of nitrogens with zero attached hydrogens (tertiary/aromatic N) is 1. The first-order valence-electron chi connectivity index (χ1n) is 5.67. The zero-order chi connectivity index (χ0) is 12.3. The van der Waals surface area contributed by atoms with Gasteiger partial charge in [0.15, 0.2) is 0 Å². The molecule has 92 valence electrons. The van der Waals surface area contributed by atoms with E-state index in [4.69, 9.17) is 0 Å². The predicted octanol–water partition coefficient (Wildman–Crippen LogP) is 2.94. The number of rotatable bonds is 2. The number of thioether (sulfide) groups is 1. The Labute approximate surface area is 110 Å². The van der Waals surface area contributed by atoms with Gasteiger partial charge in [0.2, 0.25) is 0 Å². The summed E-state index contributed by atoms with van der Waals surface area (Å²) < 4.78 is 12.8. The van der Waals surface area contributed by atoms with Gasteiger partial charge in [-0.3, -0.25) is 4.21 Å². The summed E-state index contributed by atoms with van der Waals surface area (Å²) in [7, 11) is 3.28. The molecule has 1 aromatic carbocycles. The molecule has 0 amide bonds. The Morgan fingerprint density at radius 2 is 2.00 bits per heavy atom. The summed E-state index contributed by atoms with van der Waals surface area (Å²) in [6.07, 6.45) is 3.12. The Morgan fingerprint density at radius 1 is 1.29 bits per heavy atom. The highest BCUT2D eigenvalue weighted by Gasteiger charge is 2.13. The fourth-order valence-electron chi connectivity index (χ4n) is 1.64. The fraction of sp³-hybridized carbons (Fsp3) is 0.385. The molecule has 1 aliphatic heterocycles. The van der Waals surface area contributed by atoms with Crippen molar-refractivity contribution in [3.8, 4) is 0 Å². The molecule has 0 radical (unpaired) electrons. The molecular weight excluding hydrogens is 250 g/mol. The maximum absolute atomic E-state index is 11.8. The Kier molecular flexibility index (Phi) is 4.29. The van der Waals surface area contributed by atoms with Crippen molar-refractivity contribution in [3.05, 3.63) is 34.1 Å². The van der Waals surface area contributed by atoms with E-state index >= 15 is 0 Å². The molecule has 2 nitrogen and oxygen atoms in total. The van der Waals surface area contributed by atoms with Gasteiger partial charge in [0.1, 0.15) is 0 Å². The Bertz CT molecular complexity index is 437. The third-order valence-electron chi connectivity index (χ3n) is 2.64. The monoisotopic (exact) mass is 267 g/mol. The van der Waals surface area contributed by atoms with E-state index < -0.39 is 10.8 Å². The summed E-state index contributed by atoms with van der Waals surface area (Å²) in [5.41, 5.74) is 2.32. The van der Waals surface area contributed by atoms with Crippen molar-refractivity contribution in [1.29, 1.82) is 0 Å². The number of benzene rings is 1. The van der Waals surface area contributed by atoms with Crippen molar-refractivity contribution in [2.45, 2.75) is 6.42 Å². The topological polar surface area (TPSA) is 20.3 Å². The predicted molar refractivity (Wildman–Crippen MR) is 78.8 cm³/mol. The Morgan fingerprint density at radius 3 is 2.59 bits per heavy atom. The highest BCUT2D eigenvalue weighted by molar-refractivity contribution is 8.17. The van der Waals surface area contributed by atoms with Crippen molar-refractivity contribution < 1.29 is 4.21 Å². The van der Waals surface area contributed by atoms with Crippen LogP contribution in [0.25, 0.3) is 6.08 Å². The van der Waals surface area contributed by atoms with Gasteiger partial charge in [-0.1, -0.05) is 12.1 Å². The van der Waals surface area contributed by atoms with Crippen LogP contribution in [0.3, 0.4) is 0 Å². The lowest BCUT2D eigenvalue weighted by atomic mass is 10.2. The van der Waals surface area contributed by atoms with Crippen LogP contribution in [0.5, 0.6) is 0 Å².